The van der Waals surface area contributed by atoms with Gasteiger partial charge in [0.1, 0.15) is 12.3 Å². The van der Waals surface area contributed by atoms with Gasteiger partial charge in [-0.25, -0.2) is 0 Å². The van der Waals surface area contributed by atoms with Gasteiger partial charge in [-0.3, -0.25) is 5.32 Å². The monoisotopic (exact) mass is 679 g/mol. The minimum Gasteiger partial charge on any atom is -0.454 e. The summed E-state index contributed by atoms with van der Waals surface area (Å²) < 4.78 is 47.6. The van der Waals surface area contributed by atoms with Crippen LogP contribution in [0.5, 0.6) is 46.0 Å². The van der Waals surface area contributed by atoms with E-state index in [9.17, 15) is 0 Å². The maximum Gasteiger partial charge on any atom is 0.231 e. The number of nitrogens with zero attached hydrogens (tertiary/aromatic N) is 2. The molecule has 6 aliphatic heterocycles. The number of nitrogens with one attached hydrogen (secondary N) is 1. The molecular formula is C40H29N3O8. The van der Waals surface area contributed by atoms with Crippen molar-refractivity contribution in [2.24, 2.45) is 0 Å². The first kappa shape index (κ1) is 27.6. The Morgan fingerprint density at radius 1 is 0.451 bits per heavy atom. The van der Waals surface area contributed by atoms with Crippen LogP contribution in [0.25, 0.3) is 43.8 Å². The highest BCUT2D eigenvalue weighted by molar-refractivity contribution is 6.07. The number of rotatable bonds is 2. The van der Waals surface area contributed by atoms with E-state index in [4.69, 9.17) is 37.9 Å². The SMILES string of the molecule is CN1c2c(ccc3cc4c(cc23)OCO4)-c2ccc3c(c2[C@@H]1N[C@H]1c2c(ccc4c2OCO4)-c2ccc4cc5c(cc4c2N1C)OCO5)OCO3. The maximum atomic E-state index is 6.25. The standard InChI is InChI=1S/C40H29N3O8/c1-42-35-23(5-3-19-11-29-31(13-25(19)35)48-15-46-29)21-7-9-27-37(50-17-44-27)33(21)39(42)41-40-34-22(8-10-28-38(34)51-18-45-28)24-6-4-20-12-30-32(49-16-47-30)14-26(20)36(24)43(40)2/h3-14,39-41H,15-18H2,1-2H3/t39-,40-/m1/s1. The topological polar surface area (TPSA) is 92.4 Å². The second-order valence-electron chi connectivity index (χ2n) is 13.5. The van der Waals surface area contributed by atoms with E-state index in [1.54, 1.807) is 0 Å². The Balaban J connectivity index is 1.09. The van der Waals surface area contributed by atoms with Crippen molar-refractivity contribution in [1.29, 1.82) is 0 Å². The molecule has 11 heteroatoms. The van der Waals surface area contributed by atoms with Gasteiger partial charge >= 0.3 is 0 Å². The van der Waals surface area contributed by atoms with Crippen molar-refractivity contribution in [3.05, 3.63) is 83.9 Å². The van der Waals surface area contributed by atoms with E-state index < -0.39 is 0 Å². The minimum absolute atomic E-state index is 0.163. The lowest BCUT2D eigenvalue weighted by molar-refractivity contribution is 0.172. The molecule has 0 aliphatic carbocycles. The first-order valence-corrected chi connectivity index (χ1v) is 16.9. The number of hydrogen-bond donors (Lipinski definition) is 1. The van der Waals surface area contributed by atoms with Crippen molar-refractivity contribution in [1.82, 2.24) is 5.32 Å². The summed E-state index contributed by atoms with van der Waals surface area (Å²) in [6, 6.07) is 25.2. The molecule has 6 aliphatic rings. The molecule has 0 amide bonds. The lowest BCUT2D eigenvalue weighted by Crippen LogP contribution is -2.46. The smallest absolute Gasteiger partial charge is 0.231 e. The van der Waals surface area contributed by atoms with Crippen LogP contribution < -0.4 is 53.0 Å². The summed E-state index contributed by atoms with van der Waals surface area (Å²) in [5.41, 5.74) is 8.49. The van der Waals surface area contributed by atoms with Crippen LogP contribution in [-0.4, -0.2) is 41.3 Å². The zero-order valence-corrected chi connectivity index (χ0v) is 27.6. The molecule has 0 saturated carbocycles. The number of fused-ring (bicyclic) bond motifs is 16. The molecule has 0 fully saturated rings. The highest BCUT2D eigenvalue weighted by atomic mass is 16.7. The van der Waals surface area contributed by atoms with Crippen molar-refractivity contribution >= 4 is 32.9 Å². The van der Waals surface area contributed by atoms with Crippen LogP contribution in [0.15, 0.2) is 72.8 Å². The van der Waals surface area contributed by atoms with Crippen LogP contribution in [0.3, 0.4) is 0 Å². The summed E-state index contributed by atoms with van der Waals surface area (Å²) in [6.45, 7) is 0.747. The largest absolute Gasteiger partial charge is 0.454 e. The predicted molar refractivity (Wildman–Crippen MR) is 189 cm³/mol. The molecule has 0 saturated heterocycles. The number of hydrogen-bond acceptors (Lipinski definition) is 11. The van der Waals surface area contributed by atoms with Crippen LogP contribution in [0.1, 0.15) is 23.5 Å². The van der Waals surface area contributed by atoms with Gasteiger partial charge in [0, 0.05) is 47.1 Å². The molecule has 12 rings (SSSR count). The van der Waals surface area contributed by atoms with Gasteiger partial charge in [0.05, 0.1) is 11.4 Å². The zero-order valence-electron chi connectivity index (χ0n) is 27.6. The Hall–Kier alpha value is -6.20. The summed E-state index contributed by atoms with van der Waals surface area (Å²) in [5.74, 6) is 5.92. The van der Waals surface area contributed by atoms with Gasteiger partial charge in [0.25, 0.3) is 0 Å². The lowest BCUT2D eigenvalue weighted by atomic mass is 9.86. The van der Waals surface area contributed by atoms with E-state index in [0.29, 0.717) is 0 Å². The molecule has 6 aromatic rings. The fraction of sp³-hybridized carbons (Fsp3) is 0.200. The Labute approximate surface area is 291 Å². The Morgan fingerprint density at radius 3 is 1.31 bits per heavy atom. The molecule has 0 unspecified atom stereocenters. The third-order valence-electron chi connectivity index (χ3n) is 11.0. The van der Waals surface area contributed by atoms with E-state index in [0.717, 1.165) is 112 Å². The molecule has 6 aromatic carbocycles. The summed E-state index contributed by atoms with van der Waals surface area (Å²) in [5, 5.41) is 8.38. The number of anilines is 2. The van der Waals surface area contributed by atoms with Gasteiger partial charge in [0.15, 0.2) is 46.0 Å². The van der Waals surface area contributed by atoms with E-state index in [2.05, 4.69) is 89.9 Å². The van der Waals surface area contributed by atoms with Crippen molar-refractivity contribution in [3.63, 3.8) is 0 Å². The average Bonchev–Trinajstić information content (AvgIpc) is 3.98. The van der Waals surface area contributed by atoms with Crippen molar-refractivity contribution in [2.75, 3.05) is 51.1 Å². The van der Waals surface area contributed by atoms with E-state index in [-0.39, 0.29) is 39.5 Å². The maximum absolute atomic E-state index is 6.25. The van der Waals surface area contributed by atoms with Gasteiger partial charge in [-0.2, -0.15) is 0 Å². The van der Waals surface area contributed by atoms with Crippen LogP contribution in [0.2, 0.25) is 0 Å². The van der Waals surface area contributed by atoms with Crippen LogP contribution >= 0.6 is 0 Å². The summed E-state index contributed by atoms with van der Waals surface area (Å²) in [7, 11) is 4.25. The van der Waals surface area contributed by atoms with Crippen LogP contribution in [-0.2, 0) is 0 Å². The molecule has 6 heterocycles. The molecule has 252 valence electrons. The predicted octanol–water partition coefficient (Wildman–Crippen LogP) is 7.43. The summed E-state index contributed by atoms with van der Waals surface area (Å²) in [6.07, 6.45) is -0.729. The Morgan fingerprint density at radius 2 is 0.843 bits per heavy atom. The van der Waals surface area contributed by atoms with E-state index in [1.165, 1.54) is 0 Å². The minimum atomic E-state index is -0.365. The van der Waals surface area contributed by atoms with Crippen molar-refractivity contribution in [3.8, 4) is 68.2 Å². The third kappa shape index (κ3) is 3.60. The molecule has 2 atom stereocenters. The van der Waals surface area contributed by atoms with Crippen LogP contribution in [0, 0.1) is 0 Å². The first-order valence-electron chi connectivity index (χ1n) is 16.9. The molecule has 11 nitrogen and oxygen atoms in total. The molecule has 1 N–H and O–H groups in total. The van der Waals surface area contributed by atoms with Gasteiger partial charge in [-0.1, -0.05) is 24.3 Å². The lowest BCUT2D eigenvalue weighted by Gasteiger charge is -2.45. The van der Waals surface area contributed by atoms with Crippen molar-refractivity contribution in [2.45, 2.75) is 12.3 Å². The summed E-state index contributed by atoms with van der Waals surface area (Å²) >= 11 is 0. The molecule has 0 aromatic heterocycles. The second kappa shape index (κ2) is 9.73. The Bertz CT molecular complexity index is 2380. The second-order valence-corrected chi connectivity index (χ2v) is 13.5. The van der Waals surface area contributed by atoms with Gasteiger partial charge in [0.2, 0.25) is 27.2 Å². The van der Waals surface area contributed by atoms with Crippen molar-refractivity contribution < 1.29 is 37.9 Å². The quantitative estimate of drug-likeness (QED) is 0.198. The van der Waals surface area contributed by atoms with E-state index >= 15 is 0 Å². The average molecular weight is 680 g/mol. The highest BCUT2D eigenvalue weighted by Gasteiger charge is 2.42. The van der Waals surface area contributed by atoms with Gasteiger partial charge in [-0.05, 0) is 70.4 Å². The molecule has 0 spiro atoms. The molecule has 0 radical (unpaired) electrons. The molecule has 51 heavy (non-hydrogen) atoms. The first-order chi connectivity index (χ1) is 25.1. The Kier molecular flexibility index (Phi) is 5.27. The van der Waals surface area contributed by atoms with Gasteiger partial charge in [-0.15, -0.1) is 0 Å². The fourth-order valence-corrected chi connectivity index (χ4v) is 8.78. The fourth-order valence-electron chi connectivity index (χ4n) is 8.78. The number of ether oxygens (including phenoxy) is 8. The normalized spacial score (nSPS) is 19.3. The highest BCUT2D eigenvalue weighted by Crippen LogP contribution is 2.57. The molecule has 0 bridgehead atoms. The van der Waals surface area contributed by atoms with Crippen LogP contribution in [0.4, 0.5) is 11.4 Å². The van der Waals surface area contributed by atoms with E-state index in [1.807, 2.05) is 12.1 Å². The molecular weight excluding hydrogens is 650 g/mol. The van der Waals surface area contributed by atoms with Gasteiger partial charge < -0.3 is 47.7 Å². The summed E-state index contributed by atoms with van der Waals surface area (Å²) in [4.78, 5) is 4.60. The third-order valence-corrected chi connectivity index (χ3v) is 11.0. The zero-order chi connectivity index (χ0) is 33.5. The number of benzene rings is 6.